The smallest absolute Gasteiger partial charge is 0.359 e. The Morgan fingerprint density at radius 2 is 2.32 bits per heavy atom. The molecular formula is C14H18ClN3O3S. The second-order valence-electron chi connectivity index (χ2n) is 5.22. The van der Waals surface area contributed by atoms with Crippen molar-refractivity contribution in [2.24, 2.45) is 5.92 Å². The van der Waals surface area contributed by atoms with Gasteiger partial charge >= 0.3 is 5.97 Å². The summed E-state index contributed by atoms with van der Waals surface area (Å²) >= 11 is 7.19. The minimum atomic E-state index is -0.707. The first-order valence-corrected chi connectivity index (χ1v) is 8.63. The van der Waals surface area contributed by atoms with Gasteiger partial charge in [0.1, 0.15) is 0 Å². The van der Waals surface area contributed by atoms with Crippen LogP contribution in [0.4, 0.5) is 0 Å². The largest absolute Gasteiger partial charge is 0.451 e. The number of nitrogens with zero attached hydrogens (tertiary/aromatic N) is 3. The maximum Gasteiger partial charge on any atom is 0.359 e. The number of thioether (sulfide) groups is 1. The van der Waals surface area contributed by atoms with Crippen LogP contribution in [0.5, 0.6) is 0 Å². The fourth-order valence-corrected chi connectivity index (χ4v) is 2.80. The highest BCUT2D eigenvalue weighted by Crippen LogP contribution is 2.18. The molecule has 1 atom stereocenters. The summed E-state index contributed by atoms with van der Waals surface area (Å²) in [4.78, 5) is 33.8. The maximum absolute atomic E-state index is 12.1. The van der Waals surface area contributed by atoms with Crippen molar-refractivity contribution in [2.45, 2.75) is 24.9 Å². The van der Waals surface area contributed by atoms with Crippen molar-refractivity contribution in [1.82, 2.24) is 14.9 Å². The van der Waals surface area contributed by atoms with Crippen molar-refractivity contribution in [1.29, 1.82) is 0 Å². The predicted octanol–water partition coefficient (Wildman–Crippen LogP) is 2.27. The molecule has 0 aliphatic carbocycles. The summed E-state index contributed by atoms with van der Waals surface area (Å²) in [5.74, 6) is -0.412. The number of piperidine rings is 1. The van der Waals surface area contributed by atoms with Gasteiger partial charge in [-0.2, -0.15) is 0 Å². The zero-order chi connectivity index (χ0) is 16.1. The van der Waals surface area contributed by atoms with Gasteiger partial charge in [-0.3, -0.25) is 4.79 Å². The number of likely N-dealkylation sites (tertiary alicyclic amines) is 1. The molecule has 8 heteroatoms. The van der Waals surface area contributed by atoms with Crippen molar-refractivity contribution in [3.8, 4) is 0 Å². The molecule has 6 nitrogen and oxygen atoms in total. The Bertz CT molecular complexity index is 570. The Labute approximate surface area is 138 Å². The van der Waals surface area contributed by atoms with Gasteiger partial charge in [-0.1, -0.05) is 30.3 Å². The Balaban J connectivity index is 1.93. The highest BCUT2D eigenvalue weighted by atomic mass is 35.5. The molecule has 22 heavy (non-hydrogen) atoms. The van der Waals surface area contributed by atoms with Crippen LogP contribution in [0, 0.1) is 5.92 Å². The fourth-order valence-electron chi connectivity index (χ4n) is 2.30. The van der Waals surface area contributed by atoms with E-state index in [0.29, 0.717) is 24.2 Å². The van der Waals surface area contributed by atoms with Gasteiger partial charge in [0.25, 0.3) is 5.91 Å². The lowest BCUT2D eigenvalue weighted by Gasteiger charge is -2.30. The van der Waals surface area contributed by atoms with E-state index in [-0.39, 0.29) is 23.2 Å². The summed E-state index contributed by atoms with van der Waals surface area (Å²) in [6, 6.07) is 0. The van der Waals surface area contributed by atoms with Crippen LogP contribution in [0.15, 0.2) is 11.4 Å². The lowest BCUT2D eigenvalue weighted by atomic mass is 10.0. The molecule has 1 aliphatic heterocycles. The van der Waals surface area contributed by atoms with Gasteiger partial charge < -0.3 is 9.64 Å². The van der Waals surface area contributed by atoms with E-state index in [9.17, 15) is 9.59 Å². The summed E-state index contributed by atoms with van der Waals surface area (Å²) in [5.41, 5.74) is -0.0131. The minimum absolute atomic E-state index is 0.0131. The van der Waals surface area contributed by atoms with Crippen molar-refractivity contribution in [3.05, 3.63) is 16.9 Å². The van der Waals surface area contributed by atoms with Gasteiger partial charge in [-0.05, 0) is 25.0 Å². The first kappa shape index (κ1) is 17.0. The third-order valence-electron chi connectivity index (χ3n) is 3.43. The number of halogens is 1. The highest BCUT2D eigenvalue weighted by Gasteiger charge is 2.23. The molecule has 1 fully saturated rings. The monoisotopic (exact) mass is 343 g/mol. The molecule has 1 unspecified atom stereocenters. The van der Waals surface area contributed by atoms with E-state index in [1.807, 2.05) is 0 Å². The molecule has 0 bridgehead atoms. The molecule has 0 N–H and O–H groups in total. The first-order valence-electron chi connectivity index (χ1n) is 7.02. The minimum Gasteiger partial charge on any atom is -0.451 e. The molecule has 2 rings (SSSR count). The number of ether oxygens (including phenoxy) is 1. The van der Waals surface area contributed by atoms with E-state index >= 15 is 0 Å². The van der Waals surface area contributed by atoms with Gasteiger partial charge in [0.2, 0.25) is 0 Å². The van der Waals surface area contributed by atoms with E-state index in [1.165, 1.54) is 18.0 Å². The average molecular weight is 344 g/mol. The summed E-state index contributed by atoms with van der Waals surface area (Å²) in [6.07, 6.45) is 5.25. The molecule has 0 aromatic carbocycles. The molecule has 1 aromatic rings. The van der Waals surface area contributed by atoms with Gasteiger partial charge in [-0.25, -0.2) is 14.8 Å². The Morgan fingerprint density at radius 1 is 1.55 bits per heavy atom. The second-order valence-corrected chi connectivity index (χ2v) is 6.40. The first-order chi connectivity index (χ1) is 10.5. The number of rotatable bonds is 4. The lowest BCUT2D eigenvalue weighted by Crippen LogP contribution is -2.41. The summed E-state index contributed by atoms with van der Waals surface area (Å²) in [7, 11) is 0. The van der Waals surface area contributed by atoms with Gasteiger partial charge in [0.15, 0.2) is 17.5 Å². The van der Waals surface area contributed by atoms with Crippen molar-refractivity contribution in [2.75, 3.05) is 26.0 Å². The van der Waals surface area contributed by atoms with Crippen LogP contribution in [-0.4, -0.2) is 52.7 Å². The SMILES string of the molecule is CSc1ncc(Cl)c(C(=O)OCC(=O)N2CCCC(C)C2)n1. The third kappa shape index (κ3) is 4.33. The number of hydrogen-bond donors (Lipinski definition) is 0. The molecule has 120 valence electrons. The molecule has 1 saturated heterocycles. The van der Waals surface area contributed by atoms with Crippen LogP contribution in [0.1, 0.15) is 30.3 Å². The standard InChI is InChI=1S/C14H18ClN3O3S/c1-9-4-3-5-18(7-9)11(19)8-21-13(20)12-10(15)6-16-14(17-12)22-2/h6,9H,3-5,7-8H2,1-2H3. The number of carbonyl (C=O) groups excluding carboxylic acids is 2. The van der Waals surface area contributed by atoms with Gasteiger partial charge in [-0.15, -0.1) is 0 Å². The van der Waals surface area contributed by atoms with E-state index in [0.717, 1.165) is 12.8 Å². The van der Waals surface area contributed by atoms with Crippen LogP contribution in [-0.2, 0) is 9.53 Å². The quantitative estimate of drug-likeness (QED) is 0.474. The Hall–Kier alpha value is -1.34. The van der Waals surface area contributed by atoms with Crippen LogP contribution in [0.25, 0.3) is 0 Å². The highest BCUT2D eigenvalue weighted by molar-refractivity contribution is 7.98. The normalized spacial score (nSPS) is 18.1. The van der Waals surface area contributed by atoms with E-state index in [4.69, 9.17) is 16.3 Å². The average Bonchev–Trinajstić information content (AvgIpc) is 2.52. The molecule has 2 heterocycles. The van der Waals surface area contributed by atoms with Crippen LogP contribution < -0.4 is 0 Å². The molecule has 1 amide bonds. The number of esters is 1. The lowest BCUT2D eigenvalue weighted by molar-refractivity contribution is -0.136. The van der Waals surface area contributed by atoms with Crippen molar-refractivity contribution < 1.29 is 14.3 Å². The summed E-state index contributed by atoms with van der Waals surface area (Å²) in [5, 5.41) is 0.536. The summed E-state index contributed by atoms with van der Waals surface area (Å²) < 4.78 is 5.04. The van der Waals surface area contributed by atoms with Crippen molar-refractivity contribution >= 4 is 35.2 Å². The number of amides is 1. The number of hydrogen-bond acceptors (Lipinski definition) is 6. The van der Waals surface area contributed by atoms with Gasteiger partial charge in [0, 0.05) is 13.1 Å². The maximum atomic E-state index is 12.1. The zero-order valence-corrected chi connectivity index (χ0v) is 14.1. The molecule has 1 aromatic heterocycles. The van der Waals surface area contributed by atoms with Crippen LogP contribution >= 0.6 is 23.4 Å². The number of aromatic nitrogens is 2. The zero-order valence-electron chi connectivity index (χ0n) is 12.5. The van der Waals surface area contributed by atoms with E-state index in [2.05, 4.69) is 16.9 Å². The Morgan fingerprint density at radius 3 is 3.00 bits per heavy atom. The second kappa shape index (κ2) is 7.78. The third-order valence-corrected chi connectivity index (χ3v) is 4.27. The predicted molar refractivity (Wildman–Crippen MR) is 84.1 cm³/mol. The molecule has 0 saturated carbocycles. The molecule has 1 aliphatic rings. The number of carbonyl (C=O) groups is 2. The molecular weight excluding hydrogens is 326 g/mol. The van der Waals surface area contributed by atoms with E-state index in [1.54, 1.807) is 11.2 Å². The van der Waals surface area contributed by atoms with Gasteiger partial charge in [0.05, 0.1) is 11.2 Å². The van der Waals surface area contributed by atoms with Crippen LogP contribution in [0.3, 0.4) is 0 Å². The molecule has 0 spiro atoms. The fraction of sp³-hybridized carbons (Fsp3) is 0.571. The van der Waals surface area contributed by atoms with Crippen molar-refractivity contribution in [3.63, 3.8) is 0 Å². The topological polar surface area (TPSA) is 72.4 Å². The molecule has 0 radical (unpaired) electrons. The Kier molecular flexibility index (Phi) is 6.02. The summed E-state index contributed by atoms with van der Waals surface area (Å²) in [6.45, 7) is 3.24. The van der Waals surface area contributed by atoms with E-state index < -0.39 is 5.97 Å². The van der Waals surface area contributed by atoms with Crippen LogP contribution in [0.2, 0.25) is 5.02 Å².